The zero-order chi connectivity index (χ0) is 12.4. The highest BCUT2D eigenvalue weighted by Gasteiger charge is 2.32. The predicted molar refractivity (Wildman–Crippen MR) is 73.6 cm³/mol. The molecule has 0 saturated heterocycles. The van der Waals surface area contributed by atoms with Crippen molar-refractivity contribution in [3.8, 4) is 0 Å². The zero-order valence-corrected chi connectivity index (χ0v) is 11.2. The lowest BCUT2D eigenvalue weighted by atomic mass is 10.1. The summed E-state index contributed by atoms with van der Waals surface area (Å²) in [6, 6.07) is 9.14. The lowest BCUT2D eigenvalue weighted by molar-refractivity contribution is 0.0317. The molecule has 98 valence electrons. The first kappa shape index (κ1) is 12.2. The molecule has 0 spiro atoms. The number of fused-ring (bicyclic) bond motifs is 1. The number of ether oxygens (including phenoxy) is 1. The van der Waals surface area contributed by atoms with Crippen LogP contribution in [0.1, 0.15) is 43.4 Å². The van der Waals surface area contributed by atoms with Gasteiger partial charge in [0, 0.05) is 13.0 Å². The summed E-state index contributed by atoms with van der Waals surface area (Å²) in [5.41, 5.74) is 2.90. The van der Waals surface area contributed by atoms with Gasteiger partial charge in [-0.2, -0.15) is 0 Å². The molecule has 1 fully saturated rings. The van der Waals surface area contributed by atoms with Crippen LogP contribution in [0, 0.1) is 5.92 Å². The fraction of sp³-hybridized carbons (Fsp3) is 0.625. The molecule has 2 aliphatic carbocycles. The van der Waals surface area contributed by atoms with Gasteiger partial charge in [0.2, 0.25) is 0 Å². The first-order valence-electron chi connectivity index (χ1n) is 7.31. The van der Waals surface area contributed by atoms with Gasteiger partial charge in [-0.05, 0) is 30.0 Å². The highest BCUT2D eigenvalue weighted by Crippen LogP contribution is 2.35. The molecule has 0 aliphatic heterocycles. The topological polar surface area (TPSA) is 21.3 Å². The molecule has 3 rings (SSSR count). The quantitative estimate of drug-likeness (QED) is 0.831. The molecule has 0 bridgehead atoms. The fourth-order valence-corrected chi connectivity index (χ4v) is 2.97. The monoisotopic (exact) mass is 245 g/mol. The fourth-order valence-electron chi connectivity index (χ4n) is 2.97. The van der Waals surface area contributed by atoms with Crippen molar-refractivity contribution < 1.29 is 4.74 Å². The first-order valence-corrected chi connectivity index (χ1v) is 7.31. The highest BCUT2D eigenvalue weighted by atomic mass is 16.5. The van der Waals surface area contributed by atoms with E-state index < -0.39 is 0 Å². The Morgan fingerprint density at radius 3 is 2.89 bits per heavy atom. The molecule has 2 nitrogen and oxygen atoms in total. The van der Waals surface area contributed by atoms with Gasteiger partial charge in [0.1, 0.15) is 0 Å². The number of benzene rings is 1. The highest BCUT2D eigenvalue weighted by molar-refractivity contribution is 5.36. The van der Waals surface area contributed by atoms with Crippen molar-refractivity contribution in [2.24, 2.45) is 5.92 Å². The SMILES string of the molecule is CCNC1c2ccccc2CC1OCCC1CC1. The van der Waals surface area contributed by atoms with Crippen molar-refractivity contribution in [2.75, 3.05) is 13.2 Å². The summed E-state index contributed by atoms with van der Waals surface area (Å²) in [6.07, 6.45) is 5.50. The van der Waals surface area contributed by atoms with E-state index in [1.807, 2.05) is 0 Å². The average molecular weight is 245 g/mol. The zero-order valence-electron chi connectivity index (χ0n) is 11.2. The molecule has 0 aromatic heterocycles. The smallest absolute Gasteiger partial charge is 0.0810 e. The van der Waals surface area contributed by atoms with E-state index in [0.717, 1.165) is 25.5 Å². The van der Waals surface area contributed by atoms with E-state index >= 15 is 0 Å². The van der Waals surface area contributed by atoms with Gasteiger partial charge in [-0.3, -0.25) is 0 Å². The lowest BCUT2D eigenvalue weighted by Gasteiger charge is -2.21. The Morgan fingerprint density at radius 1 is 1.28 bits per heavy atom. The molecule has 2 atom stereocenters. The Kier molecular flexibility index (Phi) is 3.67. The van der Waals surface area contributed by atoms with Crippen LogP contribution in [0.2, 0.25) is 0 Å². The second-order valence-electron chi connectivity index (χ2n) is 5.58. The maximum Gasteiger partial charge on any atom is 0.0810 e. The molecule has 1 aromatic rings. The second-order valence-corrected chi connectivity index (χ2v) is 5.58. The molecule has 0 amide bonds. The molecule has 2 heteroatoms. The van der Waals surface area contributed by atoms with Crippen molar-refractivity contribution >= 4 is 0 Å². The van der Waals surface area contributed by atoms with Crippen LogP contribution in [-0.4, -0.2) is 19.3 Å². The van der Waals surface area contributed by atoms with Gasteiger partial charge in [0.25, 0.3) is 0 Å². The van der Waals surface area contributed by atoms with Crippen molar-refractivity contribution in [1.82, 2.24) is 5.32 Å². The second kappa shape index (κ2) is 5.41. The van der Waals surface area contributed by atoms with E-state index in [9.17, 15) is 0 Å². The van der Waals surface area contributed by atoms with Crippen molar-refractivity contribution in [1.29, 1.82) is 0 Å². The molecule has 18 heavy (non-hydrogen) atoms. The molecule has 2 aliphatic rings. The Hall–Kier alpha value is -0.860. The molecule has 1 N–H and O–H groups in total. The Balaban J connectivity index is 1.63. The summed E-state index contributed by atoms with van der Waals surface area (Å²) in [5.74, 6) is 0.964. The maximum absolute atomic E-state index is 6.14. The van der Waals surface area contributed by atoms with Gasteiger partial charge in [-0.25, -0.2) is 0 Å². The summed E-state index contributed by atoms with van der Waals surface area (Å²) in [7, 11) is 0. The number of hydrogen-bond acceptors (Lipinski definition) is 2. The van der Waals surface area contributed by atoms with E-state index in [1.54, 1.807) is 0 Å². The van der Waals surface area contributed by atoms with Gasteiger partial charge < -0.3 is 10.1 Å². The summed E-state index contributed by atoms with van der Waals surface area (Å²) in [6.45, 7) is 4.11. The number of nitrogens with one attached hydrogen (secondary N) is 1. The van der Waals surface area contributed by atoms with E-state index in [2.05, 4.69) is 36.5 Å². The minimum atomic E-state index is 0.334. The van der Waals surface area contributed by atoms with Crippen LogP contribution < -0.4 is 5.32 Å². The van der Waals surface area contributed by atoms with Crippen LogP contribution in [-0.2, 0) is 11.2 Å². The van der Waals surface area contributed by atoms with Crippen LogP contribution in [0.15, 0.2) is 24.3 Å². The summed E-state index contributed by atoms with van der Waals surface area (Å²) < 4.78 is 6.14. The van der Waals surface area contributed by atoms with Crippen molar-refractivity contribution in [3.05, 3.63) is 35.4 Å². The van der Waals surface area contributed by atoms with Crippen molar-refractivity contribution in [3.63, 3.8) is 0 Å². The van der Waals surface area contributed by atoms with Gasteiger partial charge in [0.15, 0.2) is 0 Å². The maximum atomic E-state index is 6.14. The summed E-state index contributed by atoms with van der Waals surface area (Å²) in [4.78, 5) is 0. The molecular formula is C16H23NO. The number of likely N-dealkylation sites (N-methyl/N-ethyl adjacent to an activating group) is 1. The lowest BCUT2D eigenvalue weighted by Crippen LogP contribution is -2.31. The van der Waals surface area contributed by atoms with Crippen LogP contribution in [0.3, 0.4) is 0 Å². The Labute approximate surface area is 110 Å². The number of hydrogen-bond donors (Lipinski definition) is 1. The summed E-state index contributed by atoms with van der Waals surface area (Å²) in [5, 5.41) is 3.58. The number of rotatable bonds is 6. The van der Waals surface area contributed by atoms with Crippen LogP contribution in [0.4, 0.5) is 0 Å². The third kappa shape index (κ3) is 2.60. The molecular weight excluding hydrogens is 222 g/mol. The standard InChI is InChI=1S/C16H23NO/c1-2-17-16-14-6-4-3-5-13(14)11-15(16)18-10-9-12-7-8-12/h3-6,12,15-17H,2,7-11H2,1H3. The van der Waals surface area contributed by atoms with Gasteiger partial charge in [0.05, 0.1) is 12.1 Å². The van der Waals surface area contributed by atoms with E-state index in [1.165, 1.54) is 30.4 Å². The largest absolute Gasteiger partial charge is 0.376 e. The van der Waals surface area contributed by atoms with E-state index in [0.29, 0.717) is 12.1 Å². The minimum absolute atomic E-state index is 0.334. The van der Waals surface area contributed by atoms with Gasteiger partial charge >= 0.3 is 0 Å². The van der Waals surface area contributed by atoms with Gasteiger partial charge in [-0.15, -0.1) is 0 Å². The molecule has 1 saturated carbocycles. The Bertz CT molecular complexity index is 400. The van der Waals surface area contributed by atoms with Gasteiger partial charge in [-0.1, -0.05) is 44.0 Å². The van der Waals surface area contributed by atoms with Crippen molar-refractivity contribution in [2.45, 2.75) is 44.8 Å². The molecule has 1 aromatic carbocycles. The Morgan fingerprint density at radius 2 is 2.11 bits per heavy atom. The van der Waals surface area contributed by atoms with Crippen LogP contribution >= 0.6 is 0 Å². The summed E-state index contributed by atoms with van der Waals surface area (Å²) >= 11 is 0. The van der Waals surface area contributed by atoms with E-state index in [4.69, 9.17) is 4.74 Å². The predicted octanol–water partition coefficient (Wildman–Crippen LogP) is 3.08. The normalized spacial score (nSPS) is 26.3. The third-order valence-electron chi connectivity index (χ3n) is 4.16. The molecule has 0 radical (unpaired) electrons. The average Bonchev–Trinajstić information content (AvgIpc) is 3.14. The van der Waals surface area contributed by atoms with Crippen LogP contribution in [0.25, 0.3) is 0 Å². The first-order chi connectivity index (χ1) is 8.88. The molecule has 0 heterocycles. The molecule has 2 unspecified atom stereocenters. The van der Waals surface area contributed by atoms with E-state index in [-0.39, 0.29) is 0 Å². The third-order valence-corrected chi connectivity index (χ3v) is 4.16. The minimum Gasteiger partial charge on any atom is -0.376 e. The van der Waals surface area contributed by atoms with Crippen LogP contribution in [0.5, 0.6) is 0 Å².